The minimum absolute atomic E-state index is 0.314. The molecule has 0 radical (unpaired) electrons. The first-order valence-corrected chi connectivity index (χ1v) is 9.50. The predicted octanol–water partition coefficient (Wildman–Crippen LogP) is 4.38. The Morgan fingerprint density at radius 1 is 1.23 bits per heavy atom. The normalized spacial score (nSPS) is 13.3. The Bertz CT molecular complexity index is 752. The molecular formula is C19H24N2O4S. The summed E-state index contributed by atoms with van der Waals surface area (Å²) >= 11 is -1.98. The van der Waals surface area contributed by atoms with E-state index in [0.29, 0.717) is 18.1 Å². The summed E-state index contributed by atoms with van der Waals surface area (Å²) in [6.07, 6.45) is 2.73. The molecule has 0 bridgehead atoms. The fourth-order valence-electron chi connectivity index (χ4n) is 2.25. The van der Waals surface area contributed by atoms with Crippen molar-refractivity contribution >= 4 is 17.4 Å². The van der Waals surface area contributed by atoms with Crippen LogP contribution in [-0.4, -0.2) is 26.6 Å². The SMILES string of the molecule is CCC(OS(=O)N(C)C(=O)Oc1cccc(C(C)C)c1)c1cccnc1. The zero-order chi connectivity index (χ0) is 19.1. The van der Waals surface area contributed by atoms with Crippen LogP contribution in [0.5, 0.6) is 5.75 Å². The van der Waals surface area contributed by atoms with Gasteiger partial charge in [-0.05, 0) is 36.1 Å². The smallest absolute Gasteiger partial charge is 0.409 e. The molecule has 0 N–H and O–H groups in total. The van der Waals surface area contributed by atoms with Crippen LogP contribution in [0.15, 0.2) is 48.8 Å². The van der Waals surface area contributed by atoms with Crippen LogP contribution in [0.2, 0.25) is 0 Å². The van der Waals surface area contributed by atoms with Gasteiger partial charge >= 0.3 is 6.09 Å². The molecule has 1 heterocycles. The van der Waals surface area contributed by atoms with E-state index in [-0.39, 0.29) is 0 Å². The fourth-order valence-corrected chi connectivity index (χ4v) is 2.99. The highest BCUT2D eigenvalue weighted by Crippen LogP contribution is 2.23. The standard InChI is InChI=1S/C19H24N2O4S/c1-5-18(16-9-7-11-20-13-16)25-26(23)21(4)19(22)24-17-10-6-8-15(12-17)14(2)3/h6-14,18H,5H2,1-4H3. The van der Waals surface area contributed by atoms with Crippen molar-refractivity contribution < 1.29 is 17.9 Å². The molecule has 0 spiro atoms. The van der Waals surface area contributed by atoms with Crippen LogP contribution in [0.3, 0.4) is 0 Å². The molecule has 26 heavy (non-hydrogen) atoms. The molecule has 7 heteroatoms. The summed E-state index contributed by atoms with van der Waals surface area (Å²) in [6.45, 7) is 6.02. The lowest BCUT2D eigenvalue weighted by Crippen LogP contribution is -2.33. The van der Waals surface area contributed by atoms with Gasteiger partial charge < -0.3 is 4.74 Å². The molecule has 0 saturated heterocycles. The molecule has 6 nitrogen and oxygen atoms in total. The van der Waals surface area contributed by atoms with Crippen molar-refractivity contribution in [2.24, 2.45) is 0 Å². The predicted molar refractivity (Wildman–Crippen MR) is 101 cm³/mol. The third kappa shape index (κ3) is 5.37. The van der Waals surface area contributed by atoms with Crippen molar-refractivity contribution in [3.05, 3.63) is 59.9 Å². The number of carbonyl (C=O) groups is 1. The number of nitrogens with zero attached hydrogens (tertiary/aromatic N) is 2. The maximum atomic E-state index is 12.4. The second-order valence-electron chi connectivity index (χ2n) is 6.09. The van der Waals surface area contributed by atoms with E-state index < -0.39 is 23.5 Å². The Balaban J connectivity index is 2.00. The van der Waals surface area contributed by atoms with Gasteiger partial charge in [-0.25, -0.2) is 13.3 Å². The van der Waals surface area contributed by atoms with E-state index in [0.717, 1.165) is 15.4 Å². The summed E-state index contributed by atoms with van der Waals surface area (Å²) < 4.78 is 24.2. The van der Waals surface area contributed by atoms with E-state index in [1.165, 1.54) is 7.05 Å². The average Bonchev–Trinajstić information content (AvgIpc) is 2.66. The minimum Gasteiger partial charge on any atom is -0.409 e. The molecule has 1 amide bonds. The van der Waals surface area contributed by atoms with Crippen LogP contribution >= 0.6 is 0 Å². The zero-order valence-corrected chi connectivity index (χ0v) is 16.2. The Morgan fingerprint density at radius 3 is 2.58 bits per heavy atom. The summed E-state index contributed by atoms with van der Waals surface area (Å²) in [5.74, 6) is 0.720. The lowest BCUT2D eigenvalue weighted by Gasteiger charge is -2.20. The van der Waals surface area contributed by atoms with E-state index in [4.69, 9.17) is 8.92 Å². The molecule has 0 aliphatic carbocycles. The number of hydrogen-bond acceptors (Lipinski definition) is 5. The van der Waals surface area contributed by atoms with Gasteiger partial charge in [-0.2, -0.15) is 0 Å². The van der Waals surface area contributed by atoms with Gasteiger partial charge in [0.15, 0.2) is 0 Å². The summed E-state index contributed by atoms with van der Waals surface area (Å²) in [6, 6.07) is 10.9. The zero-order valence-electron chi connectivity index (χ0n) is 15.4. The van der Waals surface area contributed by atoms with E-state index in [2.05, 4.69) is 18.8 Å². The largest absolute Gasteiger partial charge is 0.428 e. The Hall–Kier alpha value is -2.25. The molecule has 2 aromatic rings. The highest BCUT2D eigenvalue weighted by atomic mass is 32.2. The van der Waals surface area contributed by atoms with Crippen molar-refractivity contribution in [3.8, 4) is 5.75 Å². The summed E-state index contributed by atoms with van der Waals surface area (Å²) in [5.41, 5.74) is 1.85. The lowest BCUT2D eigenvalue weighted by molar-refractivity contribution is 0.172. The van der Waals surface area contributed by atoms with Gasteiger partial charge in [0.2, 0.25) is 0 Å². The maximum absolute atomic E-state index is 12.4. The first-order chi connectivity index (χ1) is 12.4. The second-order valence-corrected chi connectivity index (χ2v) is 7.26. The number of pyridine rings is 1. The molecule has 1 aromatic carbocycles. The van der Waals surface area contributed by atoms with E-state index in [1.807, 2.05) is 25.1 Å². The van der Waals surface area contributed by atoms with Gasteiger partial charge in [0, 0.05) is 25.0 Å². The number of benzene rings is 1. The molecule has 140 valence electrons. The van der Waals surface area contributed by atoms with Gasteiger partial charge in [0.05, 0.1) is 0 Å². The number of aromatic nitrogens is 1. The Labute approximate surface area is 156 Å². The highest BCUT2D eigenvalue weighted by molar-refractivity contribution is 7.78. The van der Waals surface area contributed by atoms with Crippen LogP contribution in [0, 0.1) is 0 Å². The minimum atomic E-state index is -1.98. The first-order valence-electron chi connectivity index (χ1n) is 8.46. The molecule has 2 rings (SSSR count). The van der Waals surface area contributed by atoms with Crippen LogP contribution in [0.4, 0.5) is 4.79 Å². The van der Waals surface area contributed by atoms with E-state index >= 15 is 0 Å². The molecular weight excluding hydrogens is 352 g/mol. The monoisotopic (exact) mass is 376 g/mol. The third-order valence-corrected chi connectivity index (χ3v) is 4.83. The number of carbonyl (C=O) groups excluding carboxylic acids is 1. The van der Waals surface area contributed by atoms with E-state index in [1.54, 1.807) is 30.6 Å². The fraction of sp³-hybridized carbons (Fsp3) is 0.368. The highest BCUT2D eigenvalue weighted by Gasteiger charge is 2.23. The Kier molecular flexibility index (Phi) is 7.29. The Morgan fingerprint density at radius 2 is 1.96 bits per heavy atom. The second kappa shape index (κ2) is 9.45. The summed E-state index contributed by atoms with van der Waals surface area (Å²) in [7, 11) is 1.38. The van der Waals surface area contributed by atoms with Crippen molar-refractivity contribution in [3.63, 3.8) is 0 Å². The van der Waals surface area contributed by atoms with E-state index in [9.17, 15) is 9.00 Å². The summed E-state index contributed by atoms with van der Waals surface area (Å²) in [4.78, 5) is 16.3. The number of hydrogen-bond donors (Lipinski definition) is 0. The molecule has 2 atom stereocenters. The molecule has 0 fully saturated rings. The van der Waals surface area contributed by atoms with Crippen LogP contribution in [0.1, 0.15) is 50.3 Å². The average molecular weight is 376 g/mol. The van der Waals surface area contributed by atoms with Crippen LogP contribution < -0.4 is 4.74 Å². The topological polar surface area (TPSA) is 68.7 Å². The van der Waals surface area contributed by atoms with Crippen LogP contribution in [-0.2, 0) is 15.4 Å². The number of rotatable bonds is 7. The quantitative estimate of drug-likeness (QED) is 0.717. The first kappa shape index (κ1) is 20.1. The van der Waals surface area contributed by atoms with Crippen molar-refractivity contribution in [2.45, 2.75) is 39.2 Å². The van der Waals surface area contributed by atoms with Gasteiger partial charge in [0.25, 0.3) is 11.3 Å². The summed E-state index contributed by atoms with van der Waals surface area (Å²) in [5, 5.41) is 0. The molecule has 0 aliphatic rings. The molecule has 2 unspecified atom stereocenters. The third-order valence-electron chi connectivity index (χ3n) is 3.84. The lowest BCUT2D eigenvalue weighted by atomic mass is 10.0. The van der Waals surface area contributed by atoms with Crippen molar-refractivity contribution in [1.82, 2.24) is 9.29 Å². The molecule has 0 aliphatic heterocycles. The van der Waals surface area contributed by atoms with Gasteiger partial charge in [0.1, 0.15) is 11.9 Å². The maximum Gasteiger partial charge on any atom is 0.428 e. The van der Waals surface area contributed by atoms with Crippen LogP contribution in [0.25, 0.3) is 0 Å². The molecule has 1 aromatic heterocycles. The molecule has 0 saturated carbocycles. The number of ether oxygens (including phenoxy) is 1. The number of amides is 1. The van der Waals surface area contributed by atoms with Gasteiger partial charge in [-0.1, -0.05) is 39.0 Å². The van der Waals surface area contributed by atoms with Crippen molar-refractivity contribution in [1.29, 1.82) is 0 Å². The van der Waals surface area contributed by atoms with Gasteiger partial charge in [-0.15, -0.1) is 0 Å². The van der Waals surface area contributed by atoms with Crippen molar-refractivity contribution in [2.75, 3.05) is 7.05 Å². The van der Waals surface area contributed by atoms with Gasteiger partial charge in [-0.3, -0.25) is 9.17 Å².